The van der Waals surface area contributed by atoms with Crippen molar-refractivity contribution in [1.29, 1.82) is 0 Å². The zero-order valence-electron chi connectivity index (χ0n) is 14.7. The van der Waals surface area contributed by atoms with E-state index in [4.69, 9.17) is 9.47 Å². The molecular formula is C20H25NO3. The predicted octanol–water partition coefficient (Wildman–Crippen LogP) is 3.76. The standard InChI is InChI=1S/C20H25NO3/c1-14(2)19(15-9-11-17(23-3)12-10-15)20(22)21-13-16-7-5-6-8-18(16)24-4/h5-12,14,19H,13H2,1-4H3,(H,21,22). The minimum Gasteiger partial charge on any atom is -0.497 e. The smallest absolute Gasteiger partial charge is 0.228 e. The monoisotopic (exact) mass is 327 g/mol. The van der Waals surface area contributed by atoms with Gasteiger partial charge in [-0.15, -0.1) is 0 Å². The van der Waals surface area contributed by atoms with Crippen LogP contribution in [-0.4, -0.2) is 20.1 Å². The minimum absolute atomic E-state index is 0.0149. The van der Waals surface area contributed by atoms with E-state index in [0.717, 1.165) is 22.6 Å². The second-order valence-corrected chi connectivity index (χ2v) is 6.02. The molecule has 0 fully saturated rings. The maximum absolute atomic E-state index is 12.7. The summed E-state index contributed by atoms with van der Waals surface area (Å²) in [4.78, 5) is 12.7. The van der Waals surface area contributed by atoms with E-state index < -0.39 is 0 Å². The van der Waals surface area contributed by atoms with Crippen molar-refractivity contribution in [1.82, 2.24) is 5.32 Å². The molecule has 0 saturated carbocycles. The van der Waals surface area contributed by atoms with Crippen molar-refractivity contribution in [2.45, 2.75) is 26.3 Å². The molecule has 4 nitrogen and oxygen atoms in total. The summed E-state index contributed by atoms with van der Waals surface area (Å²) in [5.74, 6) is 1.57. The Balaban J connectivity index is 2.11. The summed E-state index contributed by atoms with van der Waals surface area (Å²) >= 11 is 0. The third-order valence-electron chi connectivity index (χ3n) is 4.07. The topological polar surface area (TPSA) is 47.6 Å². The van der Waals surface area contributed by atoms with Crippen LogP contribution < -0.4 is 14.8 Å². The molecule has 1 atom stereocenters. The van der Waals surface area contributed by atoms with Gasteiger partial charge < -0.3 is 14.8 Å². The number of nitrogens with one attached hydrogen (secondary N) is 1. The normalized spacial score (nSPS) is 11.9. The first-order chi connectivity index (χ1) is 11.6. The van der Waals surface area contributed by atoms with Gasteiger partial charge in [-0.05, 0) is 29.7 Å². The third kappa shape index (κ3) is 4.28. The van der Waals surface area contributed by atoms with E-state index in [0.29, 0.717) is 6.54 Å². The van der Waals surface area contributed by atoms with Crippen LogP contribution in [-0.2, 0) is 11.3 Å². The lowest BCUT2D eigenvalue weighted by molar-refractivity contribution is -0.123. The molecule has 2 rings (SSSR count). The van der Waals surface area contributed by atoms with Gasteiger partial charge in [-0.3, -0.25) is 4.79 Å². The van der Waals surface area contributed by atoms with Crippen molar-refractivity contribution in [3.05, 3.63) is 59.7 Å². The van der Waals surface area contributed by atoms with Crippen molar-refractivity contribution >= 4 is 5.91 Å². The first-order valence-corrected chi connectivity index (χ1v) is 8.10. The van der Waals surface area contributed by atoms with Crippen LogP contribution in [0, 0.1) is 5.92 Å². The first-order valence-electron chi connectivity index (χ1n) is 8.10. The molecule has 0 bridgehead atoms. The average Bonchev–Trinajstić information content (AvgIpc) is 2.60. The van der Waals surface area contributed by atoms with Gasteiger partial charge in [-0.25, -0.2) is 0 Å². The zero-order chi connectivity index (χ0) is 17.5. The number of ether oxygens (including phenoxy) is 2. The van der Waals surface area contributed by atoms with Crippen molar-refractivity contribution in [2.75, 3.05) is 14.2 Å². The summed E-state index contributed by atoms with van der Waals surface area (Å²) in [6.07, 6.45) is 0. The Kier molecular flexibility index (Phi) is 6.24. The second-order valence-electron chi connectivity index (χ2n) is 6.02. The van der Waals surface area contributed by atoms with E-state index >= 15 is 0 Å². The predicted molar refractivity (Wildman–Crippen MR) is 95.4 cm³/mol. The van der Waals surface area contributed by atoms with Gasteiger partial charge in [-0.2, -0.15) is 0 Å². The number of carbonyl (C=O) groups excluding carboxylic acids is 1. The molecule has 0 aliphatic heterocycles. The highest BCUT2D eigenvalue weighted by atomic mass is 16.5. The highest BCUT2D eigenvalue weighted by molar-refractivity contribution is 5.84. The van der Waals surface area contributed by atoms with Crippen molar-refractivity contribution in [2.24, 2.45) is 5.92 Å². The Morgan fingerprint density at radius 3 is 2.25 bits per heavy atom. The van der Waals surface area contributed by atoms with Gasteiger partial charge in [0.2, 0.25) is 5.91 Å². The number of carbonyl (C=O) groups is 1. The largest absolute Gasteiger partial charge is 0.497 e. The number of hydrogen-bond donors (Lipinski definition) is 1. The molecule has 1 N–H and O–H groups in total. The van der Waals surface area contributed by atoms with Crippen molar-refractivity contribution in [3.8, 4) is 11.5 Å². The molecule has 0 aromatic heterocycles. The summed E-state index contributed by atoms with van der Waals surface area (Å²) in [5.41, 5.74) is 1.95. The number of hydrogen-bond acceptors (Lipinski definition) is 3. The molecule has 0 radical (unpaired) electrons. The minimum atomic E-state index is -0.203. The van der Waals surface area contributed by atoms with E-state index in [2.05, 4.69) is 19.2 Å². The maximum Gasteiger partial charge on any atom is 0.228 e. The fourth-order valence-corrected chi connectivity index (χ4v) is 2.79. The van der Waals surface area contributed by atoms with Crippen LogP contribution in [0.25, 0.3) is 0 Å². The third-order valence-corrected chi connectivity index (χ3v) is 4.07. The van der Waals surface area contributed by atoms with Crippen molar-refractivity contribution in [3.63, 3.8) is 0 Å². The summed E-state index contributed by atoms with van der Waals surface area (Å²) in [7, 11) is 3.27. The van der Waals surface area contributed by atoms with E-state index in [1.54, 1.807) is 14.2 Å². The highest BCUT2D eigenvalue weighted by Gasteiger charge is 2.24. The molecule has 0 aliphatic rings. The average molecular weight is 327 g/mol. The number of para-hydroxylation sites is 1. The molecule has 1 amide bonds. The van der Waals surface area contributed by atoms with Gasteiger partial charge in [0.1, 0.15) is 11.5 Å². The Hall–Kier alpha value is -2.49. The molecule has 24 heavy (non-hydrogen) atoms. The van der Waals surface area contributed by atoms with E-state index in [9.17, 15) is 4.79 Å². The van der Waals surface area contributed by atoms with Gasteiger partial charge in [-0.1, -0.05) is 44.2 Å². The molecule has 2 aromatic rings. The van der Waals surface area contributed by atoms with Gasteiger partial charge in [0.25, 0.3) is 0 Å². The van der Waals surface area contributed by atoms with Crippen molar-refractivity contribution < 1.29 is 14.3 Å². The van der Waals surface area contributed by atoms with Crippen LogP contribution in [0.4, 0.5) is 0 Å². The van der Waals surface area contributed by atoms with Gasteiger partial charge in [0.05, 0.1) is 20.1 Å². The lowest BCUT2D eigenvalue weighted by Crippen LogP contribution is -2.31. The zero-order valence-corrected chi connectivity index (χ0v) is 14.7. The fraction of sp³-hybridized carbons (Fsp3) is 0.350. The number of benzene rings is 2. The van der Waals surface area contributed by atoms with Gasteiger partial charge in [0.15, 0.2) is 0 Å². The molecule has 0 spiro atoms. The maximum atomic E-state index is 12.7. The molecule has 2 aromatic carbocycles. The Bertz CT molecular complexity index is 665. The Morgan fingerprint density at radius 2 is 1.67 bits per heavy atom. The van der Waals surface area contributed by atoms with Crippen LogP contribution in [0.3, 0.4) is 0 Å². The lowest BCUT2D eigenvalue weighted by atomic mass is 9.87. The molecule has 128 valence electrons. The summed E-state index contributed by atoms with van der Waals surface area (Å²) in [5, 5.41) is 3.03. The van der Waals surface area contributed by atoms with Crippen LogP contribution in [0.2, 0.25) is 0 Å². The molecule has 0 aliphatic carbocycles. The Morgan fingerprint density at radius 1 is 1.00 bits per heavy atom. The van der Waals surface area contributed by atoms with Crippen LogP contribution in [0.1, 0.15) is 30.9 Å². The number of amides is 1. The number of methoxy groups -OCH3 is 2. The second kappa shape index (κ2) is 8.39. The van der Waals surface area contributed by atoms with Crippen LogP contribution >= 0.6 is 0 Å². The Labute approximate surface area is 143 Å². The SMILES string of the molecule is COc1ccc(C(C(=O)NCc2ccccc2OC)C(C)C)cc1. The molecular weight excluding hydrogens is 302 g/mol. The molecule has 1 unspecified atom stereocenters. The molecule has 0 heterocycles. The summed E-state index contributed by atoms with van der Waals surface area (Å²) in [6.45, 7) is 4.55. The molecule has 0 saturated heterocycles. The quantitative estimate of drug-likeness (QED) is 0.842. The van der Waals surface area contributed by atoms with Gasteiger partial charge >= 0.3 is 0 Å². The van der Waals surface area contributed by atoms with Crippen LogP contribution in [0.15, 0.2) is 48.5 Å². The van der Waals surface area contributed by atoms with E-state index in [-0.39, 0.29) is 17.7 Å². The summed E-state index contributed by atoms with van der Waals surface area (Å²) < 4.78 is 10.5. The summed E-state index contributed by atoms with van der Waals surface area (Å²) in [6, 6.07) is 15.4. The molecule has 4 heteroatoms. The van der Waals surface area contributed by atoms with E-state index in [1.807, 2.05) is 48.5 Å². The lowest BCUT2D eigenvalue weighted by Gasteiger charge is -2.21. The highest BCUT2D eigenvalue weighted by Crippen LogP contribution is 2.27. The number of rotatable bonds is 7. The fourth-order valence-electron chi connectivity index (χ4n) is 2.79. The van der Waals surface area contributed by atoms with E-state index in [1.165, 1.54) is 0 Å². The van der Waals surface area contributed by atoms with Crippen LogP contribution in [0.5, 0.6) is 11.5 Å². The van der Waals surface area contributed by atoms with Gasteiger partial charge in [0, 0.05) is 12.1 Å². The first kappa shape index (κ1) is 17.9.